The summed E-state index contributed by atoms with van der Waals surface area (Å²) in [6.45, 7) is 1.50. The predicted molar refractivity (Wildman–Crippen MR) is 66.8 cm³/mol. The van der Waals surface area contributed by atoms with E-state index < -0.39 is 0 Å². The number of hydrogen-bond acceptors (Lipinski definition) is 2. The van der Waals surface area contributed by atoms with Gasteiger partial charge in [0.1, 0.15) is 0 Å². The number of nitrogens with one attached hydrogen (secondary N) is 1. The summed E-state index contributed by atoms with van der Waals surface area (Å²) < 4.78 is 0. The molecule has 0 spiro atoms. The molecule has 1 amide bonds. The van der Waals surface area contributed by atoms with Gasteiger partial charge in [0.05, 0.1) is 0 Å². The zero-order valence-corrected chi connectivity index (χ0v) is 10.2. The van der Waals surface area contributed by atoms with Crippen LogP contribution >= 0.6 is 23.4 Å². The molecule has 1 N–H and O–H groups in total. The maximum absolute atomic E-state index is 10.8. The first-order chi connectivity index (χ1) is 7.22. The third-order valence-corrected chi connectivity index (χ3v) is 3.09. The van der Waals surface area contributed by atoms with Crippen LogP contribution in [0.2, 0.25) is 0 Å². The molecule has 0 bridgehead atoms. The van der Waals surface area contributed by atoms with E-state index in [-0.39, 0.29) is 5.91 Å². The molecule has 1 aromatic carbocycles. The van der Waals surface area contributed by atoms with E-state index in [1.807, 2.05) is 24.3 Å². The average Bonchev–Trinajstić information content (AvgIpc) is 2.20. The first-order valence-electron chi connectivity index (χ1n) is 4.79. The fourth-order valence-corrected chi connectivity index (χ4v) is 2.23. The van der Waals surface area contributed by atoms with E-state index in [1.54, 1.807) is 11.8 Å². The molecule has 1 aromatic rings. The molecule has 0 heterocycles. The van der Waals surface area contributed by atoms with E-state index in [2.05, 4.69) is 5.32 Å². The lowest BCUT2D eigenvalue weighted by Gasteiger charge is -2.03. The quantitative estimate of drug-likeness (QED) is 0.488. The van der Waals surface area contributed by atoms with Gasteiger partial charge in [0.25, 0.3) is 0 Å². The first-order valence-corrected chi connectivity index (χ1v) is 6.31. The van der Waals surface area contributed by atoms with Gasteiger partial charge in [-0.15, -0.1) is 23.4 Å². The third-order valence-electron chi connectivity index (χ3n) is 1.72. The Balaban J connectivity index is 2.45. The summed E-state index contributed by atoms with van der Waals surface area (Å²) in [5.74, 6) is 1.69. The number of thioether (sulfide) groups is 1. The number of rotatable bonds is 5. The summed E-state index contributed by atoms with van der Waals surface area (Å²) in [5, 5.41) is 2.73. The van der Waals surface area contributed by atoms with Crippen LogP contribution in [-0.4, -0.2) is 17.5 Å². The van der Waals surface area contributed by atoms with Crippen molar-refractivity contribution >= 4 is 35.0 Å². The number of hydrogen-bond donors (Lipinski definition) is 1. The number of anilines is 1. The van der Waals surface area contributed by atoms with Crippen molar-refractivity contribution in [1.29, 1.82) is 0 Å². The molecule has 0 aromatic heterocycles. The highest BCUT2D eigenvalue weighted by Gasteiger charge is 1.96. The molecule has 0 atom stereocenters. The van der Waals surface area contributed by atoms with Crippen LogP contribution in [0.5, 0.6) is 0 Å². The van der Waals surface area contributed by atoms with E-state index in [0.29, 0.717) is 5.88 Å². The fourth-order valence-electron chi connectivity index (χ4n) is 1.08. The Bertz CT molecular complexity index is 313. The molecule has 0 unspecified atom stereocenters. The number of halogens is 1. The van der Waals surface area contributed by atoms with Gasteiger partial charge < -0.3 is 5.32 Å². The summed E-state index contributed by atoms with van der Waals surface area (Å²) in [6, 6.07) is 7.82. The van der Waals surface area contributed by atoms with Gasteiger partial charge in [-0.1, -0.05) is 0 Å². The molecule has 15 heavy (non-hydrogen) atoms. The number of carbonyl (C=O) groups is 1. The van der Waals surface area contributed by atoms with Crippen molar-refractivity contribution in [2.24, 2.45) is 0 Å². The molecule has 0 saturated carbocycles. The summed E-state index contributed by atoms with van der Waals surface area (Å²) in [6.07, 6.45) is 1.01. The topological polar surface area (TPSA) is 29.1 Å². The molecule has 0 aliphatic heterocycles. The van der Waals surface area contributed by atoms with Crippen molar-refractivity contribution in [3.05, 3.63) is 24.3 Å². The van der Waals surface area contributed by atoms with Crippen molar-refractivity contribution < 1.29 is 4.79 Å². The molecular formula is C11H14ClNOS. The van der Waals surface area contributed by atoms with Crippen LogP contribution in [0.1, 0.15) is 13.3 Å². The average molecular weight is 244 g/mol. The second kappa shape index (κ2) is 6.75. The Morgan fingerprint density at radius 3 is 2.60 bits per heavy atom. The molecule has 0 aliphatic rings. The third kappa shape index (κ3) is 5.09. The van der Waals surface area contributed by atoms with Gasteiger partial charge in [0.2, 0.25) is 5.91 Å². The maximum atomic E-state index is 10.8. The highest BCUT2D eigenvalue weighted by atomic mass is 35.5. The highest BCUT2D eigenvalue weighted by Crippen LogP contribution is 2.20. The van der Waals surface area contributed by atoms with Crippen LogP contribution in [-0.2, 0) is 4.79 Å². The predicted octanol–water partition coefficient (Wildman–Crippen LogP) is 3.37. The van der Waals surface area contributed by atoms with Gasteiger partial charge in [-0.3, -0.25) is 4.79 Å². The minimum absolute atomic E-state index is 0.0439. The lowest BCUT2D eigenvalue weighted by atomic mass is 10.3. The molecule has 0 aliphatic carbocycles. The van der Waals surface area contributed by atoms with Crippen LogP contribution < -0.4 is 5.32 Å². The maximum Gasteiger partial charge on any atom is 0.221 e. The monoisotopic (exact) mass is 243 g/mol. The Morgan fingerprint density at radius 1 is 1.40 bits per heavy atom. The number of amides is 1. The largest absolute Gasteiger partial charge is 0.326 e. The van der Waals surface area contributed by atoms with Gasteiger partial charge in [0.15, 0.2) is 0 Å². The number of benzene rings is 1. The van der Waals surface area contributed by atoms with Gasteiger partial charge in [-0.2, -0.15) is 0 Å². The molecule has 1 rings (SSSR count). The van der Waals surface area contributed by atoms with E-state index in [0.717, 1.165) is 17.9 Å². The van der Waals surface area contributed by atoms with Crippen molar-refractivity contribution in [3.8, 4) is 0 Å². The standard InChI is InChI=1S/C11H14ClNOS/c1-9(14)13-10-3-5-11(6-4-10)15-8-2-7-12/h3-6H,2,7-8H2,1H3,(H,13,14). The van der Waals surface area contributed by atoms with E-state index >= 15 is 0 Å². The minimum atomic E-state index is -0.0439. The Hall–Kier alpha value is -0.670. The first kappa shape index (κ1) is 12.4. The van der Waals surface area contributed by atoms with Crippen molar-refractivity contribution in [3.63, 3.8) is 0 Å². The second-order valence-electron chi connectivity index (χ2n) is 3.10. The van der Waals surface area contributed by atoms with Crippen molar-refractivity contribution in [2.75, 3.05) is 16.9 Å². The normalized spacial score (nSPS) is 10.0. The lowest BCUT2D eigenvalue weighted by molar-refractivity contribution is -0.114. The van der Waals surface area contributed by atoms with Crippen LogP contribution in [0, 0.1) is 0 Å². The molecule has 4 heteroatoms. The Labute approximate surface area is 99.4 Å². The lowest BCUT2D eigenvalue weighted by Crippen LogP contribution is -2.05. The Kier molecular flexibility index (Phi) is 5.58. The van der Waals surface area contributed by atoms with Crippen LogP contribution in [0.15, 0.2) is 29.2 Å². The Morgan fingerprint density at radius 2 is 2.07 bits per heavy atom. The molecule has 0 saturated heterocycles. The van der Waals surface area contributed by atoms with Gasteiger partial charge in [-0.25, -0.2) is 0 Å². The zero-order valence-electron chi connectivity index (χ0n) is 8.63. The van der Waals surface area contributed by atoms with E-state index in [1.165, 1.54) is 11.8 Å². The minimum Gasteiger partial charge on any atom is -0.326 e. The van der Waals surface area contributed by atoms with Gasteiger partial charge >= 0.3 is 0 Å². The van der Waals surface area contributed by atoms with E-state index in [4.69, 9.17) is 11.6 Å². The fraction of sp³-hybridized carbons (Fsp3) is 0.364. The zero-order chi connectivity index (χ0) is 11.1. The molecule has 82 valence electrons. The highest BCUT2D eigenvalue weighted by molar-refractivity contribution is 7.99. The molecule has 2 nitrogen and oxygen atoms in total. The summed E-state index contributed by atoms with van der Waals surface area (Å²) >= 11 is 7.36. The molecule has 0 radical (unpaired) electrons. The van der Waals surface area contributed by atoms with E-state index in [9.17, 15) is 4.79 Å². The van der Waals surface area contributed by atoms with Crippen molar-refractivity contribution in [1.82, 2.24) is 0 Å². The van der Waals surface area contributed by atoms with Gasteiger partial charge in [-0.05, 0) is 36.4 Å². The van der Waals surface area contributed by atoms with Crippen LogP contribution in [0.25, 0.3) is 0 Å². The van der Waals surface area contributed by atoms with Gasteiger partial charge in [0, 0.05) is 23.4 Å². The molecular weight excluding hydrogens is 230 g/mol. The number of carbonyl (C=O) groups excluding carboxylic acids is 1. The smallest absolute Gasteiger partial charge is 0.221 e. The summed E-state index contributed by atoms with van der Waals surface area (Å²) in [4.78, 5) is 12.0. The second-order valence-corrected chi connectivity index (χ2v) is 4.64. The van der Waals surface area contributed by atoms with Crippen molar-refractivity contribution in [2.45, 2.75) is 18.2 Å². The van der Waals surface area contributed by atoms with Crippen LogP contribution in [0.4, 0.5) is 5.69 Å². The molecule has 0 fully saturated rings. The number of alkyl halides is 1. The SMILES string of the molecule is CC(=O)Nc1ccc(SCCCCl)cc1. The summed E-state index contributed by atoms with van der Waals surface area (Å²) in [7, 11) is 0. The summed E-state index contributed by atoms with van der Waals surface area (Å²) in [5.41, 5.74) is 0.837. The van der Waals surface area contributed by atoms with Crippen LogP contribution in [0.3, 0.4) is 0 Å².